The van der Waals surface area contributed by atoms with Crippen LogP contribution in [0.25, 0.3) is 0 Å². The van der Waals surface area contributed by atoms with Gasteiger partial charge in [-0.05, 0) is 36.8 Å². The molecule has 0 fully saturated rings. The van der Waals surface area contributed by atoms with Crippen molar-refractivity contribution in [1.82, 2.24) is 14.9 Å². The Labute approximate surface area is 174 Å². The van der Waals surface area contributed by atoms with Crippen LogP contribution in [-0.2, 0) is 5.54 Å². The van der Waals surface area contributed by atoms with Gasteiger partial charge in [-0.25, -0.2) is 9.37 Å². The number of hydrogen-bond acceptors (Lipinski definition) is 4. The molecular weight excluding hydrogens is 416 g/mol. The number of carbonyl (C=O) groups is 1. The molecule has 2 heterocycles. The largest absolute Gasteiger partial charge is 0.337 e. The molecule has 0 saturated heterocycles. The van der Waals surface area contributed by atoms with Crippen LogP contribution in [0.3, 0.4) is 0 Å². The molecule has 162 valence electrons. The lowest BCUT2D eigenvalue weighted by molar-refractivity contribution is 0.0660. The van der Waals surface area contributed by atoms with Crippen molar-refractivity contribution >= 4 is 5.91 Å². The van der Waals surface area contributed by atoms with Gasteiger partial charge < -0.3 is 11.1 Å². The lowest BCUT2D eigenvalue weighted by Gasteiger charge is -2.39. The van der Waals surface area contributed by atoms with Gasteiger partial charge in [-0.3, -0.25) is 14.2 Å². The Morgan fingerprint density at radius 2 is 1.74 bits per heavy atom. The summed E-state index contributed by atoms with van der Waals surface area (Å²) in [6.07, 6.45) is 1.98. The standard InChI is InChI=1S/C21H18F4N4O2/c1-12(26)21(14-2-5-16(22)6-3-14,15-4-7-17(23)27-11-15)28-19(31)13-8-9-29(20(24)25)18(30)10-13/h2-12,20H,26H2,1H3,(H,28,31)/t12-,21-/m0/s1. The minimum absolute atomic E-state index is 0.166. The molecule has 0 bridgehead atoms. The molecule has 3 rings (SSSR count). The van der Waals surface area contributed by atoms with Gasteiger partial charge in [-0.1, -0.05) is 18.2 Å². The molecule has 0 aliphatic carbocycles. The van der Waals surface area contributed by atoms with Crippen molar-refractivity contribution in [2.24, 2.45) is 5.73 Å². The van der Waals surface area contributed by atoms with Gasteiger partial charge in [0.05, 0.1) is 0 Å². The van der Waals surface area contributed by atoms with E-state index in [2.05, 4.69) is 10.3 Å². The smallest absolute Gasteiger partial charge is 0.321 e. The number of carbonyl (C=O) groups excluding carboxylic acids is 1. The van der Waals surface area contributed by atoms with Crippen LogP contribution in [0.5, 0.6) is 0 Å². The Hall–Kier alpha value is -3.53. The fourth-order valence-electron chi connectivity index (χ4n) is 3.32. The fourth-order valence-corrected chi connectivity index (χ4v) is 3.32. The number of alkyl halides is 2. The van der Waals surface area contributed by atoms with E-state index < -0.39 is 41.4 Å². The minimum Gasteiger partial charge on any atom is -0.337 e. The van der Waals surface area contributed by atoms with Crippen LogP contribution in [0.1, 0.15) is 35.0 Å². The second-order valence-electron chi connectivity index (χ2n) is 6.87. The van der Waals surface area contributed by atoms with E-state index >= 15 is 0 Å². The highest BCUT2D eigenvalue weighted by Crippen LogP contribution is 2.33. The quantitative estimate of drug-likeness (QED) is 0.461. The van der Waals surface area contributed by atoms with Crippen LogP contribution < -0.4 is 16.6 Å². The van der Waals surface area contributed by atoms with E-state index in [1.54, 1.807) is 6.92 Å². The first-order valence-corrected chi connectivity index (χ1v) is 9.11. The lowest BCUT2D eigenvalue weighted by Crippen LogP contribution is -2.57. The molecule has 0 aliphatic heterocycles. The van der Waals surface area contributed by atoms with Crippen molar-refractivity contribution in [2.45, 2.75) is 25.1 Å². The Bertz CT molecular complexity index is 1080. The highest BCUT2D eigenvalue weighted by Gasteiger charge is 2.40. The second-order valence-corrected chi connectivity index (χ2v) is 6.87. The van der Waals surface area contributed by atoms with Crippen molar-refractivity contribution in [3.63, 3.8) is 0 Å². The van der Waals surface area contributed by atoms with E-state index in [4.69, 9.17) is 5.73 Å². The van der Waals surface area contributed by atoms with Gasteiger partial charge in [0.15, 0.2) is 0 Å². The van der Waals surface area contributed by atoms with Crippen molar-refractivity contribution in [2.75, 3.05) is 0 Å². The fraction of sp³-hybridized carbons (Fsp3) is 0.190. The SMILES string of the molecule is C[C@H](N)[C@](NC(=O)c1ccn(C(F)F)c(=O)c1)(c1ccc(F)cc1)c1ccc(F)nc1. The number of amides is 1. The predicted octanol–water partition coefficient (Wildman–Crippen LogP) is 2.94. The van der Waals surface area contributed by atoms with E-state index in [9.17, 15) is 27.2 Å². The summed E-state index contributed by atoms with van der Waals surface area (Å²) in [6.45, 7) is -1.49. The number of rotatable bonds is 6. The van der Waals surface area contributed by atoms with Gasteiger partial charge in [0.25, 0.3) is 11.5 Å². The average Bonchev–Trinajstić information content (AvgIpc) is 2.72. The summed E-state index contributed by atoms with van der Waals surface area (Å²) in [5.41, 5.74) is 4.14. The summed E-state index contributed by atoms with van der Waals surface area (Å²) in [4.78, 5) is 28.5. The number of nitrogens with zero attached hydrogens (tertiary/aromatic N) is 2. The van der Waals surface area contributed by atoms with Crippen LogP contribution in [0.4, 0.5) is 17.6 Å². The van der Waals surface area contributed by atoms with Crippen molar-refractivity contribution in [3.8, 4) is 0 Å². The summed E-state index contributed by atoms with van der Waals surface area (Å²) in [5, 5.41) is 2.71. The van der Waals surface area contributed by atoms with E-state index in [0.717, 1.165) is 24.4 Å². The van der Waals surface area contributed by atoms with Crippen LogP contribution in [0.15, 0.2) is 65.7 Å². The summed E-state index contributed by atoms with van der Waals surface area (Å²) >= 11 is 0. The summed E-state index contributed by atoms with van der Waals surface area (Å²) in [7, 11) is 0. The molecule has 6 nitrogen and oxygen atoms in total. The third kappa shape index (κ3) is 4.33. The number of benzene rings is 1. The Kier molecular flexibility index (Phi) is 6.21. The van der Waals surface area contributed by atoms with Gasteiger partial charge in [-0.2, -0.15) is 13.2 Å². The first-order valence-electron chi connectivity index (χ1n) is 9.11. The summed E-state index contributed by atoms with van der Waals surface area (Å²) < 4.78 is 52.8. The second kappa shape index (κ2) is 8.68. The first kappa shape index (κ1) is 22.2. The maximum Gasteiger partial charge on any atom is 0.321 e. The maximum atomic E-state index is 13.5. The topological polar surface area (TPSA) is 90.0 Å². The maximum absolute atomic E-state index is 13.5. The number of nitrogens with one attached hydrogen (secondary N) is 1. The number of nitrogens with two attached hydrogens (primary N) is 1. The highest BCUT2D eigenvalue weighted by molar-refractivity contribution is 5.95. The lowest BCUT2D eigenvalue weighted by atomic mass is 9.78. The van der Waals surface area contributed by atoms with Crippen molar-refractivity contribution in [3.05, 3.63) is 99.7 Å². The molecule has 31 heavy (non-hydrogen) atoms. The Morgan fingerprint density at radius 1 is 1.10 bits per heavy atom. The molecule has 1 aromatic carbocycles. The van der Waals surface area contributed by atoms with Crippen LogP contribution in [0.2, 0.25) is 0 Å². The van der Waals surface area contributed by atoms with Gasteiger partial charge in [0.1, 0.15) is 11.4 Å². The first-order chi connectivity index (χ1) is 14.6. The van der Waals surface area contributed by atoms with Crippen LogP contribution in [0, 0.1) is 11.8 Å². The predicted molar refractivity (Wildman–Crippen MR) is 104 cm³/mol. The molecular formula is C21H18F4N4O2. The van der Waals surface area contributed by atoms with Crippen LogP contribution in [-0.4, -0.2) is 21.5 Å². The monoisotopic (exact) mass is 434 g/mol. The third-order valence-corrected chi connectivity index (χ3v) is 4.90. The number of pyridine rings is 2. The van der Waals surface area contributed by atoms with Gasteiger partial charge in [0.2, 0.25) is 5.95 Å². The molecule has 2 aromatic heterocycles. The minimum atomic E-state index is -3.06. The number of hydrogen-bond donors (Lipinski definition) is 2. The molecule has 1 amide bonds. The molecule has 0 aliphatic rings. The number of aromatic nitrogens is 2. The zero-order valence-corrected chi connectivity index (χ0v) is 16.2. The van der Waals surface area contributed by atoms with Crippen molar-refractivity contribution in [1.29, 1.82) is 0 Å². The molecule has 3 N–H and O–H groups in total. The zero-order valence-electron chi connectivity index (χ0n) is 16.2. The van der Waals surface area contributed by atoms with E-state index in [1.807, 2.05) is 0 Å². The number of halogens is 4. The highest BCUT2D eigenvalue weighted by atomic mass is 19.3. The van der Waals surface area contributed by atoms with Gasteiger partial charge in [0, 0.05) is 35.6 Å². The molecule has 0 unspecified atom stereocenters. The van der Waals surface area contributed by atoms with Gasteiger partial charge in [-0.15, -0.1) is 0 Å². The molecule has 0 radical (unpaired) electrons. The van der Waals surface area contributed by atoms with Gasteiger partial charge >= 0.3 is 6.55 Å². The van der Waals surface area contributed by atoms with Crippen LogP contribution >= 0.6 is 0 Å². The molecule has 0 saturated carbocycles. The molecule has 10 heteroatoms. The van der Waals surface area contributed by atoms with Crippen molar-refractivity contribution < 1.29 is 22.4 Å². The Morgan fingerprint density at radius 3 is 2.26 bits per heavy atom. The third-order valence-electron chi connectivity index (χ3n) is 4.90. The molecule has 0 spiro atoms. The summed E-state index contributed by atoms with van der Waals surface area (Å²) in [5.74, 6) is -2.09. The zero-order chi connectivity index (χ0) is 22.8. The molecule has 2 atom stereocenters. The normalized spacial score (nSPS) is 14.2. The Balaban J connectivity index is 2.13. The average molecular weight is 434 g/mol. The molecule has 3 aromatic rings. The summed E-state index contributed by atoms with van der Waals surface area (Å²) in [6, 6.07) is 8.56. The van der Waals surface area contributed by atoms with E-state index in [1.165, 1.54) is 36.5 Å². The van der Waals surface area contributed by atoms with E-state index in [-0.39, 0.29) is 10.1 Å². The van der Waals surface area contributed by atoms with E-state index in [0.29, 0.717) is 11.1 Å².